The van der Waals surface area contributed by atoms with Gasteiger partial charge in [0.1, 0.15) is 0 Å². The highest BCUT2D eigenvalue weighted by atomic mass is 79.9. The molecule has 0 amide bonds. The van der Waals surface area contributed by atoms with E-state index in [1.165, 1.54) is 0 Å². The Morgan fingerprint density at radius 1 is 1.20 bits per heavy atom. The number of benzene rings is 1. The third-order valence-electron chi connectivity index (χ3n) is 2.93. The van der Waals surface area contributed by atoms with Gasteiger partial charge in [-0.1, -0.05) is 43.5 Å². The summed E-state index contributed by atoms with van der Waals surface area (Å²) in [6.07, 6.45) is 0. The van der Waals surface area contributed by atoms with Crippen molar-refractivity contribution in [3.05, 3.63) is 43.0 Å². The lowest BCUT2D eigenvalue weighted by Gasteiger charge is -2.15. The molecule has 0 radical (unpaired) electrons. The Morgan fingerprint density at radius 3 is 2.30 bits per heavy atom. The van der Waals surface area contributed by atoms with E-state index < -0.39 is 0 Å². The lowest BCUT2D eigenvalue weighted by Crippen LogP contribution is -1.97. The van der Waals surface area contributed by atoms with Crippen molar-refractivity contribution in [2.24, 2.45) is 0 Å². The molecule has 1 aromatic carbocycles. The lowest BCUT2D eigenvalue weighted by molar-refractivity contribution is 0.354. The molecule has 1 heterocycles. The first-order chi connectivity index (χ1) is 9.49. The summed E-state index contributed by atoms with van der Waals surface area (Å²) in [6, 6.07) is 3.85. The van der Waals surface area contributed by atoms with Crippen molar-refractivity contribution in [1.82, 2.24) is 0 Å². The summed E-state index contributed by atoms with van der Waals surface area (Å²) >= 11 is 15.3. The Balaban J connectivity index is 2.49. The Bertz CT molecular complexity index is 628. The molecular formula is C14H13Br2ClO2S. The van der Waals surface area contributed by atoms with Crippen LogP contribution in [-0.2, 0) is 0 Å². The normalized spacial score (nSPS) is 12.3. The summed E-state index contributed by atoms with van der Waals surface area (Å²) in [7, 11) is 3.25. The quantitative estimate of drug-likeness (QED) is 0.545. The largest absolute Gasteiger partial charge is 0.493 e. The zero-order valence-electron chi connectivity index (χ0n) is 11.2. The minimum atomic E-state index is 0.00267. The Morgan fingerprint density at radius 2 is 1.80 bits per heavy atom. The fourth-order valence-electron chi connectivity index (χ4n) is 1.83. The zero-order valence-corrected chi connectivity index (χ0v) is 15.9. The first-order valence-corrected chi connectivity index (χ1v) is 8.75. The molecule has 0 saturated heterocycles. The van der Waals surface area contributed by atoms with Crippen LogP contribution in [0.3, 0.4) is 0 Å². The molecule has 0 aliphatic rings. The summed E-state index contributed by atoms with van der Waals surface area (Å²) in [4.78, 5) is 1.08. The van der Waals surface area contributed by atoms with Crippen molar-refractivity contribution in [3.63, 3.8) is 0 Å². The summed E-state index contributed by atoms with van der Waals surface area (Å²) < 4.78 is 11.6. The predicted octanol–water partition coefficient (Wildman–Crippen LogP) is 5.97. The molecule has 2 nitrogen and oxygen atoms in total. The predicted molar refractivity (Wildman–Crippen MR) is 92.1 cm³/mol. The number of aryl methyl sites for hydroxylation is 1. The second-order valence-corrected chi connectivity index (χ2v) is 7.25. The van der Waals surface area contributed by atoms with E-state index in [9.17, 15) is 0 Å². The average Bonchev–Trinajstić information content (AvgIpc) is 2.78. The Hall–Kier alpha value is -0.230. The number of ether oxygens (including phenoxy) is 2. The van der Waals surface area contributed by atoms with Crippen LogP contribution in [0, 0.1) is 6.92 Å². The van der Waals surface area contributed by atoms with E-state index >= 15 is 0 Å². The SMILES string of the molecule is COc1cc(Br)c(C(Br)c2scc(C)c2Cl)cc1OC. The monoisotopic (exact) mass is 438 g/mol. The smallest absolute Gasteiger partial charge is 0.161 e. The maximum Gasteiger partial charge on any atom is 0.161 e. The minimum Gasteiger partial charge on any atom is -0.493 e. The van der Waals surface area contributed by atoms with Crippen LogP contribution < -0.4 is 9.47 Å². The van der Waals surface area contributed by atoms with Gasteiger partial charge in [-0.05, 0) is 35.6 Å². The van der Waals surface area contributed by atoms with Gasteiger partial charge in [0.2, 0.25) is 0 Å². The molecule has 0 N–H and O–H groups in total. The third-order valence-corrected chi connectivity index (χ3v) is 6.65. The minimum absolute atomic E-state index is 0.00267. The molecule has 0 aliphatic heterocycles. The number of hydrogen-bond acceptors (Lipinski definition) is 3. The molecule has 108 valence electrons. The highest BCUT2D eigenvalue weighted by molar-refractivity contribution is 9.11. The Labute approximate surface area is 144 Å². The van der Waals surface area contributed by atoms with E-state index in [0.29, 0.717) is 11.5 Å². The van der Waals surface area contributed by atoms with Crippen molar-refractivity contribution < 1.29 is 9.47 Å². The fourth-order valence-corrected chi connectivity index (χ4v) is 5.04. The standard InChI is InChI=1S/C14H13Br2ClO2S/c1-7-6-20-14(13(7)17)12(16)8-4-10(18-2)11(19-3)5-9(8)15/h4-6,12H,1-3H3. The van der Waals surface area contributed by atoms with Gasteiger partial charge in [-0.15, -0.1) is 11.3 Å². The number of hydrogen-bond donors (Lipinski definition) is 0. The second kappa shape index (κ2) is 6.69. The number of alkyl halides is 1. The number of halogens is 3. The van der Waals surface area contributed by atoms with Crippen LogP contribution in [0.15, 0.2) is 22.0 Å². The molecule has 2 rings (SSSR count). The van der Waals surface area contributed by atoms with E-state index in [0.717, 1.165) is 25.5 Å². The molecular weight excluding hydrogens is 427 g/mol. The van der Waals surface area contributed by atoms with Gasteiger partial charge in [-0.25, -0.2) is 0 Å². The molecule has 20 heavy (non-hydrogen) atoms. The van der Waals surface area contributed by atoms with Gasteiger partial charge in [-0.2, -0.15) is 0 Å². The summed E-state index contributed by atoms with van der Waals surface area (Å²) in [5.41, 5.74) is 2.14. The average molecular weight is 441 g/mol. The van der Waals surface area contributed by atoms with E-state index in [4.69, 9.17) is 21.1 Å². The molecule has 1 unspecified atom stereocenters. The van der Waals surface area contributed by atoms with Crippen LogP contribution in [0.2, 0.25) is 5.02 Å². The van der Waals surface area contributed by atoms with Crippen LogP contribution in [0.5, 0.6) is 11.5 Å². The zero-order chi connectivity index (χ0) is 14.9. The molecule has 0 fully saturated rings. The van der Waals surface area contributed by atoms with E-state index in [2.05, 4.69) is 37.2 Å². The van der Waals surface area contributed by atoms with Crippen LogP contribution in [-0.4, -0.2) is 14.2 Å². The topological polar surface area (TPSA) is 18.5 Å². The molecule has 6 heteroatoms. The highest BCUT2D eigenvalue weighted by Crippen LogP contribution is 2.45. The summed E-state index contributed by atoms with van der Waals surface area (Å²) in [5.74, 6) is 1.39. The first-order valence-electron chi connectivity index (χ1n) is 5.78. The van der Waals surface area contributed by atoms with Crippen molar-refractivity contribution in [2.45, 2.75) is 11.8 Å². The van der Waals surface area contributed by atoms with Gasteiger partial charge >= 0.3 is 0 Å². The van der Waals surface area contributed by atoms with Gasteiger partial charge in [0.05, 0.1) is 24.1 Å². The van der Waals surface area contributed by atoms with Gasteiger partial charge in [0, 0.05) is 9.35 Å². The van der Waals surface area contributed by atoms with Crippen LogP contribution >= 0.6 is 54.8 Å². The van der Waals surface area contributed by atoms with Crippen molar-refractivity contribution >= 4 is 54.8 Å². The molecule has 1 aromatic heterocycles. The highest BCUT2D eigenvalue weighted by Gasteiger charge is 2.21. The third kappa shape index (κ3) is 3.01. The number of rotatable bonds is 4. The van der Waals surface area contributed by atoms with Crippen LogP contribution in [0.4, 0.5) is 0 Å². The maximum atomic E-state index is 6.35. The summed E-state index contributed by atoms with van der Waals surface area (Å²) in [5, 5.41) is 2.86. The van der Waals surface area contributed by atoms with Gasteiger partial charge < -0.3 is 9.47 Å². The van der Waals surface area contributed by atoms with E-state index in [1.54, 1.807) is 25.6 Å². The van der Waals surface area contributed by atoms with E-state index in [1.807, 2.05) is 19.1 Å². The van der Waals surface area contributed by atoms with Crippen molar-refractivity contribution in [1.29, 1.82) is 0 Å². The second-order valence-electron chi connectivity index (χ2n) is 4.19. The lowest BCUT2D eigenvalue weighted by atomic mass is 10.1. The molecule has 2 aromatic rings. The van der Waals surface area contributed by atoms with Gasteiger partial charge in [0.15, 0.2) is 11.5 Å². The van der Waals surface area contributed by atoms with Crippen molar-refractivity contribution in [2.75, 3.05) is 14.2 Å². The Kier molecular flexibility index (Phi) is 5.40. The molecule has 0 spiro atoms. The van der Waals surface area contributed by atoms with Crippen LogP contribution in [0.1, 0.15) is 20.8 Å². The van der Waals surface area contributed by atoms with Gasteiger partial charge in [-0.3, -0.25) is 0 Å². The van der Waals surface area contributed by atoms with Gasteiger partial charge in [0.25, 0.3) is 0 Å². The summed E-state index contributed by atoms with van der Waals surface area (Å²) in [6.45, 7) is 2.01. The molecule has 0 bridgehead atoms. The van der Waals surface area contributed by atoms with E-state index in [-0.39, 0.29) is 4.83 Å². The molecule has 0 aliphatic carbocycles. The number of thiophene rings is 1. The van der Waals surface area contributed by atoms with Crippen molar-refractivity contribution in [3.8, 4) is 11.5 Å². The van der Waals surface area contributed by atoms with Crippen LogP contribution in [0.25, 0.3) is 0 Å². The molecule has 0 saturated carbocycles. The molecule has 1 atom stereocenters. The number of methoxy groups -OCH3 is 2. The fraction of sp³-hybridized carbons (Fsp3) is 0.286. The maximum absolute atomic E-state index is 6.35. The first kappa shape index (κ1) is 16.1.